The predicted molar refractivity (Wildman–Crippen MR) is 202 cm³/mol. The molecule has 0 aromatic heterocycles. The standard InChI is InChI=1S/C37H77N3.C3H6O3/c1-3-5-7-9-11-13-15-17-19-21-23-25-27-29-31-33-35-40(37(38)39)36-34-32-30-28-26-24-22-20-18-16-14-12-10-8-6-4-2;1-2(4)3(5)6/h3-36H2,1-2H3,(H3,38,39);2,4H,1H3,(H,5,6). The normalized spacial score (nSPS) is 11.7. The smallest absolute Gasteiger partial charge is 0.332 e. The third-order valence-corrected chi connectivity index (χ3v) is 9.26. The van der Waals surface area contributed by atoms with Crippen molar-refractivity contribution in [1.82, 2.24) is 4.90 Å². The fourth-order valence-electron chi connectivity index (χ4n) is 6.05. The van der Waals surface area contributed by atoms with E-state index in [4.69, 9.17) is 21.4 Å². The maximum Gasteiger partial charge on any atom is 0.332 e. The van der Waals surface area contributed by atoms with Crippen LogP contribution >= 0.6 is 0 Å². The number of carboxylic acid groups (broad SMARTS) is 1. The molecule has 0 aliphatic carbocycles. The second kappa shape index (κ2) is 39.9. The van der Waals surface area contributed by atoms with E-state index in [1.165, 1.54) is 212 Å². The molecule has 0 aromatic rings. The van der Waals surface area contributed by atoms with Crippen molar-refractivity contribution in [2.24, 2.45) is 5.73 Å². The molecular weight excluding hydrogens is 570 g/mol. The predicted octanol–water partition coefficient (Wildman–Crippen LogP) is 12.2. The third kappa shape index (κ3) is 40.7. The summed E-state index contributed by atoms with van der Waals surface area (Å²) in [6.45, 7) is 7.75. The Hall–Kier alpha value is -1.30. The molecule has 0 radical (unpaired) electrons. The molecule has 0 saturated carbocycles. The minimum atomic E-state index is -1.23. The van der Waals surface area contributed by atoms with Gasteiger partial charge in [-0.15, -0.1) is 0 Å². The van der Waals surface area contributed by atoms with E-state index in [-0.39, 0.29) is 5.96 Å². The summed E-state index contributed by atoms with van der Waals surface area (Å²) in [7, 11) is 0. The van der Waals surface area contributed by atoms with Crippen LogP contribution < -0.4 is 5.73 Å². The van der Waals surface area contributed by atoms with E-state index in [9.17, 15) is 4.79 Å². The van der Waals surface area contributed by atoms with Gasteiger partial charge in [0.05, 0.1) is 0 Å². The molecular formula is C40H83N3O3. The Balaban J connectivity index is 0. The number of nitrogens with two attached hydrogens (primary N) is 1. The van der Waals surface area contributed by atoms with Crippen molar-refractivity contribution in [2.75, 3.05) is 13.1 Å². The molecule has 6 heteroatoms. The van der Waals surface area contributed by atoms with Crippen LogP contribution in [-0.4, -0.2) is 46.2 Å². The average Bonchev–Trinajstić information content (AvgIpc) is 3.03. The lowest BCUT2D eigenvalue weighted by molar-refractivity contribution is -0.145. The van der Waals surface area contributed by atoms with Gasteiger partial charge in [0.25, 0.3) is 0 Å². The first-order valence-corrected chi connectivity index (χ1v) is 20.4. The Morgan fingerprint density at radius 3 is 0.826 bits per heavy atom. The minimum Gasteiger partial charge on any atom is -0.479 e. The molecule has 0 aliphatic heterocycles. The monoisotopic (exact) mass is 654 g/mol. The highest BCUT2D eigenvalue weighted by Gasteiger charge is 2.06. The number of carboxylic acids is 1. The van der Waals surface area contributed by atoms with Crippen LogP contribution in [0.2, 0.25) is 0 Å². The Morgan fingerprint density at radius 2 is 0.674 bits per heavy atom. The lowest BCUT2D eigenvalue weighted by Crippen LogP contribution is -2.37. The zero-order valence-corrected chi connectivity index (χ0v) is 31.4. The molecule has 6 nitrogen and oxygen atoms in total. The van der Waals surface area contributed by atoms with E-state index in [1.807, 2.05) is 0 Å². The maximum atomic E-state index is 9.45. The molecule has 0 heterocycles. The molecule has 5 N–H and O–H groups in total. The zero-order valence-electron chi connectivity index (χ0n) is 31.4. The average molecular weight is 654 g/mol. The fourth-order valence-corrected chi connectivity index (χ4v) is 6.05. The van der Waals surface area contributed by atoms with E-state index in [2.05, 4.69) is 18.7 Å². The molecule has 276 valence electrons. The van der Waals surface area contributed by atoms with Gasteiger partial charge in [-0.1, -0.05) is 206 Å². The van der Waals surface area contributed by atoms with Crippen LogP contribution in [0.25, 0.3) is 0 Å². The Bertz CT molecular complexity index is 579. The number of rotatable bonds is 35. The highest BCUT2D eigenvalue weighted by atomic mass is 16.4. The number of guanidine groups is 1. The Morgan fingerprint density at radius 1 is 0.500 bits per heavy atom. The van der Waals surface area contributed by atoms with Gasteiger partial charge in [0.1, 0.15) is 6.10 Å². The summed E-state index contributed by atoms with van der Waals surface area (Å²) in [4.78, 5) is 11.6. The molecule has 0 aromatic carbocycles. The van der Waals surface area contributed by atoms with Crippen LogP contribution in [0.15, 0.2) is 0 Å². The molecule has 1 atom stereocenters. The van der Waals surface area contributed by atoms with Crippen molar-refractivity contribution < 1.29 is 15.0 Å². The molecule has 0 bridgehead atoms. The van der Waals surface area contributed by atoms with Crippen LogP contribution in [-0.2, 0) is 4.79 Å². The first-order valence-electron chi connectivity index (χ1n) is 20.4. The first-order chi connectivity index (χ1) is 22.4. The molecule has 0 aliphatic rings. The summed E-state index contributed by atoms with van der Waals surface area (Å²) in [6.07, 6.45) is 43.7. The van der Waals surface area contributed by atoms with E-state index >= 15 is 0 Å². The maximum absolute atomic E-state index is 9.45. The lowest BCUT2D eigenvalue weighted by atomic mass is 10.0. The molecule has 0 rings (SSSR count). The second-order valence-electron chi connectivity index (χ2n) is 14.0. The largest absolute Gasteiger partial charge is 0.479 e. The van der Waals surface area contributed by atoms with Crippen molar-refractivity contribution in [1.29, 1.82) is 5.41 Å². The number of aliphatic hydroxyl groups excluding tert-OH is 1. The number of nitrogens with zero attached hydrogens (tertiary/aromatic N) is 1. The second-order valence-corrected chi connectivity index (χ2v) is 14.0. The van der Waals surface area contributed by atoms with E-state index in [1.54, 1.807) is 0 Å². The molecule has 1 unspecified atom stereocenters. The highest BCUT2D eigenvalue weighted by Crippen LogP contribution is 2.15. The van der Waals surface area contributed by atoms with Gasteiger partial charge in [-0.05, 0) is 19.8 Å². The summed E-state index contributed by atoms with van der Waals surface area (Å²) < 4.78 is 0. The summed E-state index contributed by atoms with van der Waals surface area (Å²) >= 11 is 0. The van der Waals surface area contributed by atoms with Gasteiger partial charge in [-0.2, -0.15) is 0 Å². The number of aliphatic carboxylic acids is 1. The van der Waals surface area contributed by atoms with Gasteiger partial charge in [-0.3, -0.25) is 5.41 Å². The quantitative estimate of drug-likeness (QED) is 0.0309. The molecule has 0 spiro atoms. The van der Waals surface area contributed by atoms with Crippen molar-refractivity contribution in [3.8, 4) is 0 Å². The van der Waals surface area contributed by atoms with Crippen molar-refractivity contribution >= 4 is 11.9 Å². The summed E-state index contributed by atoms with van der Waals surface area (Å²) in [5.74, 6) is -0.906. The van der Waals surface area contributed by atoms with Gasteiger partial charge in [0.15, 0.2) is 5.96 Å². The fraction of sp³-hybridized carbons (Fsp3) is 0.950. The van der Waals surface area contributed by atoms with Crippen LogP contribution in [0, 0.1) is 5.41 Å². The van der Waals surface area contributed by atoms with Crippen LogP contribution in [0.5, 0.6) is 0 Å². The summed E-state index contributed by atoms with van der Waals surface area (Å²) in [5, 5.41) is 23.7. The molecule has 46 heavy (non-hydrogen) atoms. The number of aliphatic hydroxyl groups is 1. The zero-order chi connectivity index (χ0) is 34.4. The Kier molecular flexibility index (Phi) is 40.6. The topological polar surface area (TPSA) is 111 Å². The lowest BCUT2D eigenvalue weighted by Gasteiger charge is -2.22. The van der Waals surface area contributed by atoms with Gasteiger partial charge in [0, 0.05) is 13.1 Å². The van der Waals surface area contributed by atoms with Crippen LogP contribution in [0.3, 0.4) is 0 Å². The van der Waals surface area contributed by atoms with Crippen LogP contribution in [0.1, 0.15) is 226 Å². The number of unbranched alkanes of at least 4 members (excludes halogenated alkanes) is 30. The van der Waals surface area contributed by atoms with Crippen molar-refractivity contribution in [3.05, 3.63) is 0 Å². The summed E-state index contributed by atoms with van der Waals surface area (Å²) in [5.41, 5.74) is 5.88. The highest BCUT2D eigenvalue weighted by molar-refractivity contribution is 5.74. The number of hydrogen-bond donors (Lipinski definition) is 4. The number of nitrogens with one attached hydrogen (secondary N) is 1. The van der Waals surface area contributed by atoms with Crippen molar-refractivity contribution in [2.45, 2.75) is 232 Å². The van der Waals surface area contributed by atoms with E-state index in [0.29, 0.717) is 0 Å². The minimum absolute atomic E-state index is 0.280. The van der Waals surface area contributed by atoms with Crippen LogP contribution in [0.4, 0.5) is 0 Å². The number of carbonyl (C=O) groups is 1. The van der Waals surface area contributed by atoms with Gasteiger partial charge < -0.3 is 20.8 Å². The molecule has 0 fully saturated rings. The van der Waals surface area contributed by atoms with Crippen molar-refractivity contribution in [3.63, 3.8) is 0 Å². The molecule has 0 amide bonds. The van der Waals surface area contributed by atoms with E-state index < -0.39 is 12.1 Å². The van der Waals surface area contributed by atoms with Gasteiger partial charge in [-0.25, -0.2) is 4.79 Å². The van der Waals surface area contributed by atoms with Gasteiger partial charge in [0.2, 0.25) is 0 Å². The van der Waals surface area contributed by atoms with E-state index in [0.717, 1.165) is 13.1 Å². The van der Waals surface area contributed by atoms with Gasteiger partial charge >= 0.3 is 5.97 Å². The Labute approximate surface area is 288 Å². The SMILES string of the molecule is CC(O)C(=O)O.CCCCCCCCCCCCCCCCCCN(CCCCCCCCCCCCCCCCCC)C(=N)N. The first kappa shape index (κ1) is 46.8. The molecule has 0 saturated heterocycles. The third-order valence-electron chi connectivity index (χ3n) is 9.26. The number of hydrogen-bond acceptors (Lipinski definition) is 3. The summed E-state index contributed by atoms with van der Waals surface area (Å²) in [6, 6.07) is 0.